The first-order valence-electron chi connectivity index (χ1n) is 10.7. The van der Waals surface area contributed by atoms with Gasteiger partial charge in [0, 0.05) is 25.8 Å². The lowest BCUT2D eigenvalue weighted by Crippen LogP contribution is -2.42. The van der Waals surface area contributed by atoms with Gasteiger partial charge in [-0.1, -0.05) is 37.3 Å². The highest BCUT2D eigenvalue weighted by atomic mass is 16.5. The first kappa shape index (κ1) is 24.2. The van der Waals surface area contributed by atoms with Crippen LogP contribution in [0.2, 0.25) is 0 Å². The molecule has 2 aromatic rings. The van der Waals surface area contributed by atoms with E-state index >= 15 is 0 Å². The molecular weight excluding hydrogens is 392 g/mol. The van der Waals surface area contributed by atoms with Crippen LogP contribution in [0.25, 0.3) is 0 Å². The van der Waals surface area contributed by atoms with E-state index in [-0.39, 0.29) is 24.9 Å². The maximum atomic E-state index is 12.5. The van der Waals surface area contributed by atoms with E-state index in [1.54, 1.807) is 19.2 Å². The highest BCUT2D eigenvalue weighted by Gasteiger charge is 2.15. The van der Waals surface area contributed by atoms with Crippen LogP contribution in [0.3, 0.4) is 0 Å². The number of carbonyl (C=O) groups excluding carboxylic acids is 2. The van der Waals surface area contributed by atoms with Crippen molar-refractivity contribution in [1.82, 2.24) is 10.2 Å². The number of carbonyl (C=O) groups is 2. The molecule has 0 heterocycles. The van der Waals surface area contributed by atoms with Crippen LogP contribution in [-0.2, 0) is 9.59 Å². The molecule has 2 N–H and O–H groups in total. The number of ether oxygens (including phenoxy) is 1. The molecule has 0 saturated heterocycles. The molecule has 168 valence electrons. The number of nitrogens with zero attached hydrogens (tertiary/aromatic N) is 2. The first-order valence-corrected chi connectivity index (χ1v) is 10.7. The van der Waals surface area contributed by atoms with Gasteiger partial charge in [-0.25, -0.2) is 0 Å². The van der Waals surface area contributed by atoms with Gasteiger partial charge in [0.25, 0.3) is 0 Å². The third kappa shape index (κ3) is 8.68. The lowest BCUT2D eigenvalue weighted by molar-refractivity contribution is -0.123. The minimum atomic E-state index is -0.171. The molecule has 0 aliphatic rings. The van der Waals surface area contributed by atoms with Crippen LogP contribution in [0.1, 0.15) is 19.8 Å². The minimum Gasteiger partial charge on any atom is -0.495 e. The Labute approximate surface area is 185 Å². The normalized spacial score (nSPS) is 10.6. The molecule has 7 heteroatoms. The van der Waals surface area contributed by atoms with Gasteiger partial charge in [-0.3, -0.25) is 14.5 Å². The average molecular weight is 427 g/mol. The summed E-state index contributed by atoms with van der Waals surface area (Å²) in [5, 5.41) is 5.82. The first-order chi connectivity index (χ1) is 15.0. The van der Waals surface area contributed by atoms with E-state index in [0.717, 1.165) is 25.1 Å². The Bertz CT molecular complexity index is 813. The molecule has 2 aromatic carbocycles. The number of rotatable bonds is 13. The van der Waals surface area contributed by atoms with E-state index in [1.165, 1.54) is 0 Å². The van der Waals surface area contributed by atoms with Crippen molar-refractivity contribution in [2.75, 3.05) is 57.1 Å². The van der Waals surface area contributed by atoms with E-state index in [0.29, 0.717) is 24.5 Å². The van der Waals surface area contributed by atoms with Gasteiger partial charge in [0.15, 0.2) is 0 Å². The Kier molecular flexibility index (Phi) is 10.4. The Morgan fingerprint density at radius 1 is 0.935 bits per heavy atom. The van der Waals surface area contributed by atoms with Gasteiger partial charge in [0.05, 0.1) is 25.9 Å². The van der Waals surface area contributed by atoms with Crippen molar-refractivity contribution in [2.24, 2.45) is 0 Å². The van der Waals surface area contributed by atoms with Gasteiger partial charge < -0.3 is 20.3 Å². The van der Waals surface area contributed by atoms with Crippen molar-refractivity contribution in [3.05, 3.63) is 54.6 Å². The van der Waals surface area contributed by atoms with Crippen LogP contribution in [0.15, 0.2) is 54.6 Å². The number of hydrogen-bond donors (Lipinski definition) is 2. The summed E-state index contributed by atoms with van der Waals surface area (Å²) < 4.78 is 5.27. The molecule has 7 nitrogen and oxygen atoms in total. The molecule has 0 atom stereocenters. The van der Waals surface area contributed by atoms with Gasteiger partial charge in [-0.15, -0.1) is 0 Å². The molecule has 31 heavy (non-hydrogen) atoms. The third-order valence-electron chi connectivity index (χ3n) is 4.84. The van der Waals surface area contributed by atoms with Crippen LogP contribution in [0, 0.1) is 0 Å². The van der Waals surface area contributed by atoms with Gasteiger partial charge in [0.2, 0.25) is 11.8 Å². The van der Waals surface area contributed by atoms with E-state index in [9.17, 15) is 9.59 Å². The Morgan fingerprint density at radius 3 is 2.32 bits per heavy atom. The molecular formula is C24H34N4O3. The number of methoxy groups -OCH3 is 1. The summed E-state index contributed by atoms with van der Waals surface area (Å²) in [4.78, 5) is 28.9. The smallest absolute Gasteiger partial charge is 0.238 e. The predicted molar refractivity (Wildman–Crippen MR) is 126 cm³/mol. The summed E-state index contributed by atoms with van der Waals surface area (Å²) in [5.74, 6) is 0.368. The fourth-order valence-electron chi connectivity index (χ4n) is 3.29. The van der Waals surface area contributed by atoms with Crippen molar-refractivity contribution in [3.8, 4) is 5.75 Å². The third-order valence-corrected chi connectivity index (χ3v) is 4.84. The van der Waals surface area contributed by atoms with Crippen LogP contribution in [0.5, 0.6) is 5.75 Å². The summed E-state index contributed by atoms with van der Waals surface area (Å²) in [6.45, 7) is 4.50. The van der Waals surface area contributed by atoms with Crippen LogP contribution in [0.4, 0.5) is 11.4 Å². The second kappa shape index (κ2) is 13.3. The highest BCUT2D eigenvalue weighted by molar-refractivity contribution is 5.94. The fourth-order valence-corrected chi connectivity index (χ4v) is 3.29. The molecule has 0 aliphatic carbocycles. The highest BCUT2D eigenvalue weighted by Crippen LogP contribution is 2.22. The summed E-state index contributed by atoms with van der Waals surface area (Å²) in [6, 6.07) is 17.4. The maximum Gasteiger partial charge on any atom is 0.238 e. The summed E-state index contributed by atoms with van der Waals surface area (Å²) in [5.41, 5.74) is 1.78. The summed E-state index contributed by atoms with van der Waals surface area (Å²) in [7, 11) is 3.61. The number of nitrogens with one attached hydrogen (secondary N) is 2. The molecule has 0 fully saturated rings. The second-order valence-corrected chi connectivity index (χ2v) is 7.42. The zero-order chi connectivity index (χ0) is 22.5. The molecule has 0 radical (unpaired) electrons. The molecule has 2 rings (SSSR count). The molecule has 2 amide bonds. The van der Waals surface area contributed by atoms with Crippen molar-refractivity contribution >= 4 is 23.2 Å². The van der Waals surface area contributed by atoms with Crippen LogP contribution in [-0.4, -0.2) is 63.6 Å². The van der Waals surface area contributed by atoms with Crippen molar-refractivity contribution in [3.63, 3.8) is 0 Å². The Hall–Kier alpha value is -3.06. The van der Waals surface area contributed by atoms with Crippen LogP contribution < -0.4 is 20.3 Å². The zero-order valence-electron chi connectivity index (χ0n) is 18.8. The molecule has 0 aliphatic heterocycles. The number of hydrogen-bond acceptors (Lipinski definition) is 5. The SMILES string of the molecule is CCCN(CC(=O)NCCCN(C)c1ccccc1)CC(=O)Nc1ccccc1OC. The fraction of sp³-hybridized carbons (Fsp3) is 0.417. The summed E-state index contributed by atoms with van der Waals surface area (Å²) >= 11 is 0. The predicted octanol–water partition coefficient (Wildman–Crippen LogP) is 2.99. The number of amides is 2. The topological polar surface area (TPSA) is 73.9 Å². The Morgan fingerprint density at radius 2 is 1.61 bits per heavy atom. The second-order valence-electron chi connectivity index (χ2n) is 7.42. The maximum absolute atomic E-state index is 12.5. The van der Waals surface area contributed by atoms with Gasteiger partial charge in [-0.05, 0) is 43.7 Å². The largest absolute Gasteiger partial charge is 0.495 e. The zero-order valence-corrected chi connectivity index (χ0v) is 18.8. The number of benzene rings is 2. The lowest BCUT2D eigenvalue weighted by Gasteiger charge is -2.22. The molecule has 0 unspecified atom stereocenters. The standard InChI is InChI=1S/C24H34N4O3/c1-4-16-28(19-24(30)26-21-13-8-9-14-22(21)31-3)18-23(29)25-15-10-17-27(2)20-11-6-5-7-12-20/h5-9,11-14H,4,10,15-19H2,1-3H3,(H,25,29)(H,26,30). The van der Waals surface area contributed by atoms with Gasteiger partial charge >= 0.3 is 0 Å². The lowest BCUT2D eigenvalue weighted by atomic mass is 10.3. The number of anilines is 2. The van der Waals surface area contributed by atoms with E-state index in [2.05, 4.69) is 27.7 Å². The van der Waals surface area contributed by atoms with E-state index in [1.807, 2.05) is 49.2 Å². The molecule has 0 bridgehead atoms. The van der Waals surface area contributed by atoms with Crippen molar-refractivity contribution < 1.29 is 14.3 Å². The monoisotopic (exact) mass is 426 g/mol. The van der Waals surface area contributed by atoms with Crippen LogP contribution >= 0.6 is 0 Å². The van der Waals surface area contributed by atoms with Gasteiger partial charge in [0.1, 0.15) is 5.75 Å². The van der Waals surface area contributed by atoms with Crippen molar-refractivity contribution in [2.45, 2.75) is 19.8 Å². The Balaban J connectivity index is 1.74. The minimum absolute atomic E-state index is 0.0686. The molecule has 0 spiro atoms. The molecule has 0 saturated carbocycles. The van der Waals surface area contributed by atoms with E-state index < -0.39 is 0 Å². The van der Waals surface area contributed by atoms with Gasteiger partial charge in [-0.2, -0.15) is 0 Å². The average Bonchev–Trinajstić information content (AvgIpc) is 2.77. The van der Waals surface area contributed by atoms with E-state index in [4.69, 9.17) is 4.74 Å². The van der Waals surface area contributed by atoms with Crippen molar-refractivity contribution in [1.29, 1.82) is 0 Å². The quantitative estimate of drug-likeness (QED) is 0.482. The number of para-hydroxylation sites is 3. The summed E-state index contributed by atoms with van der Waals surface area (Å²) in [6.07, 6.45) is 1.70. The molecule has 0 aromatic heterocycles.